The van der Waals surface area contributed by atoms with Gasteiger partial charge in [-0.15, -0.1) is 0 Å². The van der Waals surface area contributed by atoms with Crippen molar-refractivity contribution >= 4 is 32.2 Å². The van der Waals surface area contributed by atoms with E-state index in [-0.39, 0.29) is 27.6 Å². The molecular weight excluding hydrogens is 490 g/mol. The van der Waals surface area contributed by atoms with Crippen molar-refractivity contribution < 1.29 is 31.5 Å². The average molecular weight is 515 g/mol. The van der Waals surface area contributed by atoms with Crippen LogP contribution < -0.4 is 14.8 Å². The number of Topliss-reactive ketones (excluding diaryl/α,β-unsaturated/α-hetero) is 1. The van der Waals surface area contributed by atoms with Crippen molar-refractivity contribution in [3.05, 3.63) is 83.1 Å². The molecular formula is C26H24F2N2O5S. The number of ether oxygens (including phenoxy) is 2. The summed E-state index contributed by atoms with van der Waals surface area (Å²) < 4.78 is 63.4. The molecule has 0 amide bonds. The highest BCUT2D eigenvalue weighted by Crippen LogP contribution is 2.35. The molecule has 0 fully saturated rings. The third kappa shape index (κ3) is 4.90. The van der Waals surface area contributed by atoms with Crippen molar-refractivity contribution in [3.63, 3.8) is 0 Å². The second-order valence-electron chi connectivity index (χ2n) is 8.35. The van der Waals surface area contributed by atoms with Crippen molar-refractivity contribution in [2.75, 3.05) is 25.8 Å². The van der Waals surface area contributed by atoms with Gasteiger partial charge in [0, 0.05) is 52.3 Å². The molecule has 36 heavy (non-hydrogen) atoms. The standard InChI is InChI=1S/C26H24F2N2O5S/c1-14-7-23-20(12-22(14)28)21(13-29-23)26(31)25(19-6-5-15(27)8-24(19)35-3)30-16-9-17(34-2)11-18(10-16)36(4,32)33/h5-13,25,29-30H,1-4H3. The molecule has 1 aromatic heterocycles. The third-order valence-corrected chi connectivity index (χ3v) is 6.94. The van der Waals surface area contributed by atoms with Crippen LogP contribution in [0.4, 0.5) is 14.5 Å². The second-order valence-corrected chi connectivity index (χ2v) is 10.4. The summed E-state index contributed by atoms with van der Waals surface area (Å²) in [5, 5.41) is 3.42. The number of aromatic amines is 1. The van der Waals surface area contributed by atoms with E-state index >= 15 is 0 Å². The fraction of sp³-hybridized carbons (Fsp3) is 0.192. The number of ketones is 1. The Morgan fingerprint density at radius 1 is 1.03 bits per heavy atom. The first-order valence-corrected chi connectivity index (χ1v) is 12.7. The molecule has 4 rings (SSSR count). The maximum Gasteiger partial charge on any atom is 0.191 e. The predicted molar refractivity (Wildman–Crippen MR) is 133 cm³/mol. The zero-order valence-corrected chi connectivity index (χ0v) is 20.8. The van der Waals surface area contributed by atoms with Crippen LogP contribution in [0, 0.1) is 18.6 Å². The first-order chi connectivity index (χ1) is 17.0. The van der Waals surface area contributed by atoms with Gasteiger partial charge in [0.1, 0.15) is 29.2 Å². The number of hydrogen-bond donors (Lipinski definition) is 2. The summed E-state index contributed by atoms with van der Waals surface area (Å²) in [4.78, 5) is 16.9. The van der Waals surface area contributed by atoms with E-state index in [1.54, 1.807) is 13.0 Å². The van der Waals surface area contributed by atoms with Crippen LogP contribution in [-0.2, 0) is 9.84 Å². The van der Waals surface area contributed by atoms with Gasteiger partial charge in [-0.1, -0.05) is 0 Å². The van der Waals surface area contributed by atoms with Gasteiger partial charge in [-0.05, 0) is 48.9 Å². The molecule has 7 nitrogen and oxygen atoms in total. The predicted octanol–water partition coefficient (Wildman–Crippen LogP) is 5.21. The van der Waals surface area contributed by atoms with Gasteiger partial charge in [0.05, 0.1) is 19.1 Å². The van der Waals surface area contributed by atoms with Crippen LogP contribution in [-0.4, -0.2) is 39.7 Å². The topological polar surface area (TPSA) is 97.5 Å². The summed E-state index contributed by atoms with van der Waals surface area (Å²) in [6.45, 7) is 1.62. The lowest BCUT2D eigenvalue weighted by Gasteiger charge is -2.22. The van der Waals surface area contributed by atoms with Crippen LogP contribution in [0.15, 0.2) is 59.6 Å². The number of carbonyl (C=O) groups is 1. The van der Waals surface area contributed by atoms with Crippen molar-refractivity contribution in [3.8, 4) is 11.5 Å². The molecule has 0 aliphatic carbocycles. The number of nitrogens with one attached hydrogen (secondary N) is 2. The van der Waals surface area contributed by atoms with Crippen LogP contribution in [0.5, 0.6) is 11.5 Å². The fourth-order valence-corrected chi connectivity index (χ4v) is 4.64. The lowest BCUT2D eigenvalue weighted by Crippen LogP contribution is -2.22. The monoisotopic (exact) mass is 514 g/mol. The van der Waals surface area contributed by atoms with Gasteiger partial charge in [-0.25, -0.2) is 17.2 Å². The summed E-state index contributed by atoms with van der Waals surface area (Å²) >= 11 is 0. The summed E-state index contributed by atoms with van der Waals surface area (Å²) in [7, 11) is -0.871. The number of halogens is 2. The van der Waals surface area contributed by atoms with Gasteiger partial charge in [-0.2, -0.15) is 0 Å². The number of aromatic nitrogens is 1. The Hall–Kier alpha value is -3.92. The molecule has 0 aliphatic rings. The minimum atomic E-state index is -3.60. The van der Waals surface area contributed by atoms with Gasteiger partial charge in [0.2, 0.25) is 0 Å². The first-order valence-electron chi connectivity index (χ1n) is 10.8. The van der Waals surface area contributed by atoms with Gasteiger partial charge < -0.3 is 19.8 Å². The van der Waals surface area contributed by atoms with E-state index in [9.17, 15) is 22.0 Å². The maximum atomic E-state index is 14.4. The Labute approximate surface area is 207 Å². The van der Waals surface area contributed by atoms with E-state index < -0.39 is 33.3 Å². The Bertz CT molecular complexity index is 1580. The number of sulfone groups is 1. The number of hydrogen-bond acceptors (Lipinski definition) is 6. The quantitative estimate of drug-likeness (QED) is 0.313. The van der Waals surface area contributed by atoms with Crippen molar-refractivity contribution in [2.45, 2.75) is 17.9 Å². The van der Waals surface area contributed by atoms with E-state index in [2.05, 4.69) is 10.3 Å². The minimum Gasteiger partial charge on any atom is -0.497 e. The summed E-state index contributed by atoms with van der Waals surface area (Å²) in [5.41, 5.74) is 1.75. The number of rotatable bonds is 8. The minimum absolute atomic E-state index is 0.0220. The number of carbonyl (C=O) groups excluding carboxylic acids is 1. The first kappa shape index (κ1) is 25.2. The highest BCUT2D eigenvalue weighted by molar-refractivity contribution is 7.90. The molecule has 3 aromatic carbocycles. The number of aryl methyl sites for hydroxylation is 1. The smallest absolute Gasteiger partial charge is 0.191 e. The fourth-order valence-electron chi connectivity index (χ4n) is 3.97. The Morgan fingerprint density at radius 2 is 1.78 bits per heavy atom. The molecule has 10 heteroatoms. The molecule has 0 aliphatic heterocycles. The molecule has 0 saturated carbocycles. The number of methoxy groups -OCH3 is 2. The van der Waals surface area contributed by atoms with Crippen LogP contribution in [0.1, 0.15) is 27.5 Å². The summed E-state index contributed by atoms with van der Waals surface area (Å²) in [6.07, 6.45) is 2.53. The molecule has 0 radical (unpaired) electrons. The van der Waals surface area contributed by atoms with Crippen LogP contribution in [0.2, 0.25) is 0 Å². The van der Waals surface area contributed by atoms with E-state index in [4.69, 9.17) is 9.47 Å². The molecule has 1 atom stereocenters. The number of benzene rings is 3. The SMILES string of the molecule is COc1cc(NC(C(=O)c2c[nH]c3cc(C)c(F)cc23)c2ccc(F)cc2OC)cc(S(C)(=O)=O)c1. The molecule has 0 saturated heterocycles. The van der Waals surface area contributed by atoms with Crippen LogP contribution in [0.25, 0.3) is 10.9 Å². The zero-order chi connectivity index (χ0) is 26.2. The Kier molecular flexibility index (Phi) is 6.73. The van der Waals surface area contributed by atoms with E-state index in [1.807, 2.05) is 0 Å². The summed E-state index contributed by atoms with van der Waals surface area (Å²) in [5.74, 6) is -1.15. The van der Waals surface area contributed by atoms with Gasteiger partial charge in [0.15, 0.2) is 15.6 Å². The number of H-pyrrole nitrogens is 1. The van der Waals surface area contributed by atoms with E-state index in [0.29, 0.717) is 22.0 Å². The lowest BCUT2D eigenvalue weighted by atomic mass is 9.95. The van der Waals surface area contributed by atoms with Crippen LogP contribution in [0.3, 0.4) is 0 Å². The highest BCUT2D eigenvalue weighted by Gasteiger charge is 2.28. The third-order valence-electron chi connectivity index (χ3n) is 5.85. The number of anilines is 1. The Balaban J connectivity index is 1.88. The number of fused-ring (bicyclic) bond motifs is 1. The maximum absolute atomic E-state index is 14.4. The van der Waals surface area contributed by atoms with Gasteiger partial charge >= 0.3 is 0 Å². The largest absolute Gasteiger partial charge is 0.497 e. The van der Waals surface area contributed by atoms with Gasteiger partial charge in [-0.3, -0.25) is 4.79 Å². The zero-order valence-electron chi connectivity index (χ0n) is 20.0. The highest BCUT2D eigenvalue weighted by atomic mass is 32.2. The van der Waals surface area contributed by atoms with Gasteiger partial charge in [0.25, 0.3) is 0 Å². The lowest BCUT2D eigenvalue weighted by molar-refractivity contribution is 0.0970. The molecule has 1 unspecified atom stereocenters. The Morgan fingerprint density at radius 3 is 2.44 bits per heavy atom. The molecule has 2 N–H and O–H groups in total. The molecule has 0 spiro atoms. The molecule has 1 heterocycles. The molecule has 0 bridgehead atoms. The average Bonchev–Trinajstić information content (AvgIpc) is 3.24. The van der Waals surface area contributed by atoms with Crippen molar-refractivity contribution in [1.82, 2.24) is 4.98 Å². The molecule has 4 aromatic rings. The van der Waals surface area contributed by atoms with Crippen LogP contribution >= 0.6 is 0 Å². The van der Waals surface area contributed by atoms with Crippen molar-refractivity contribution in [2.24, 2.45) is 0 Å². The van der Waals surface area contributed by atoms with Crippen molar-refractivity contribution in [1.29, 1.82) is 0 Å². The normalized spacial score (nSPS) is 12.4. The summed E-state index contributed by atoms with van der Waals surface area (Å²) in [6, 6.07) is 9.72. The van der Waals surface area contributed by atoms with E-state index in [1.165, 1.54) is 56.8 Å². The van der Waals surface area contributed by atoms with E-state index in [0.717, 1.165) is 12.3 Å². The molecule has 188 valence electrons. The second kappa shape index (κ2) is 9.62.